The Morgan fingerprint density at radius 2 is 2.16 bits per heavy atom. The maximum Gasteiger partial charge on any atom is 0.216 e. The van der Waals surface area contributed by atoms with Crippen molar-refractivity contribution in [3.63, 3.8) is 0 Å². The van der Waals surface area contributed by atoms with E-state index in [1.165, 1.54) is 6.07 Å². The lowest BCUT2D eigenvalue weighted by Crippen LogP contribution is -2.48. The molecule has 0 unspecified atom stereocenters. The van der Waals surface area contributed by atoms with Crippen molar-refractivity contribution >= 4 is 11.6 Å². The number of H-pyrrole nitrogens is 1. The summed E-state index contributed by atoms with van der Waals surface area (Å²) >= 11 is 0. The van der Waals surface area contributed by atoms with Crippen molar-refractivity contribution in [2.24, 2.45) is 4.99 Å². The van der Waals surface area contributed by atoms with Crippen LogP contribution < -0.4 is 15.5 Å². The van der Waals surface area contributed by atoms with Gasteiger partial charge in [0.05, 0.1) is 6.26 Å². The molecule has 4 rings (SSSR count). The molecule has 31 heavy (non-hydrogen) atoms. The molecule has 2 aromatic heterocycles. The van der Waals surface area contributed by atoms with Crippen molar-refractivity contribution in [2.75, 3.05) is 31.1 Å². The minimum absolute atomic E-state index is 0.192. The Labute approximate surface area is 181 Å². The van der Waals surface area contributed by atoms with Gasteiger partial charge in [-0.3, -0.25) is 10.1 Å². The van der Waals surface area contributed by atoms with E-state index in [1.807, 2.05) is 18.2 Å². The van der Waals surface area contributed by atoms with E-state index >= 15 is 0 Å². The fourth-order valence-corrected chi connectivity index (χ4v) is 3.66. The highest BCUT2D eigenvalue weighted by Gasteiger charge is 2.20. The average molecular weight is 426 g/mol. The molecule has 0 spiro atoms. The Morgan fingerprint density at radius 1 is 1.29 bits per heavy atom. The Kier molecular flexibility index (Phi) is 6.81. The molecule has 1 aliphatic heterocycles. The molecule has 0 radical (unpaired) electrons. The number of benzene rings is 1. The van der Waals surface area contributed by atoms with Crippen LogP contribution in [0.3, 0.4) is 0 Å². The summed E-state index contributed by atoms with van der Waals surface area (Å²) in [6.07, 6.45) is 4.19. The minimum Gasteiger partial charge on any atom is -0.461 e. The second-order valence-electron chi connectivity index (χ2n) is 7.48. The van der Waals surface area contributed by atoms with E-state index in [0.29, 0.717) is 30.6 Å². The van der Waals surface area contributed by atoms with Crippen LogP contribution in [0.15, 0.2) is 52.1 Å². The summed E-state index contributed by atoms with van der Waals surface area (Å²) in [4.78, 5) is 11.4. The number of hydrogen-bond donors (Lipinski definition) is 3. The zero-order valence-corrected chi connectivity index (χ0v) is 17.6. The lowest BCUT2D eigenvalue weighted by Gasteiger charge is -2.34. The smallest absolute Gasteiger partial charge is 0.216 e. The molecule has 0 saturated carbocycles. The predicted octanol–water partition coefficient (Wildman–Crippen LogP) is 2.97. The first-order valence-electron chi connectivity index (χ1n) is 10.7. The number of furan rings is 1. The molecule has 8 nitrogen and oxygen atoms in total. The maximum absolute atomic E-state index is 13.5. The van der Waals surface area contributed by atoms with Gasteiger partial charge in [0.1, 0.15) is 11.6 Å². The molecular formula is C22H28FN7O. The van der Waals surface area contributed by atoms with E-state index in [0.717, 1.165) is 49.9 Å². The maximum atomic E-state index is 13.5. The Balaban J connectivity index is 1.27. The second-order valence-corrected chi connectivity index (χ2v) is 7.48. The third kappa shape index (κ3) is 5.62. The number of nitrogens with one attached hydrogen (secondary N) is 3. The van der Waals surface area contributed by atoms with Gasteiger partial charge in [0.25, 0.3) is 0 Å². The third-order valence-corrected chi connectivity index (χ3v) is 5.25. The monoisotopic (exact) mass is 425 g/mol. The van der Waals surface area contributed by atoms with Gasteiger partial charge in [0.2, 0.25) is 5.82 Å². The van der Waals surface area contributed by atoms with Gasteiger partial charge in [-0.15, -0.1) is 0 Å². The molecule has 1 saturated heterocycles. The Bertz CT molecular complexity index is 977. The summed E-state index contributed by atoms with van der Waals surface area (Å²) in [5, 5.41) is 14.0. The molecule has 0 atom stereocenters. The summed E-state index contributed by atoms with van der Waals surface area (Å²) < 4.78 is 18.8. The predicted molar refractivity (Wildman–Crippen MR) is 119 cm³/mol. The number of guanidine groups is 1. The molecule has 0 bridgehead atoms. The molecule has 9 heteroatoms. The number of anilines is 1. The van der Waals surface area contributed by atoms with Gasteiger partial charge >= 0.3 is 0 Å². The fourth-order valence-electron chi connectivity index (χ4n) is 3.66. The molecule has 1 fully saturated rings. The van der Waals surface area contributed by atoms with Gasteiger partial charge in [-0.2, -0.15) is 5.10 Å². The normalized spacial score (nSPS) is 15.3. The SMILES string of the molecule is CCNC(=NCCc1nc(-c2ccco2)n[nH]1)NC1CCN(c2cccc(F)c2)CC1. The van der Waals surface area contributed by atoms with Crippen LogP contribution in [0.5, 0.6) is 0 Å². The van der Waals surface area contributed by atoms with E-state index in [4.69, 9.17) is 4.42 Å². The first kappa shape index (κ1) is 20.9. The summed E-state index contributed by atoms with van der Waals surface area (Å²) in [6, 6.07) is 10.8. The molecule has 3 N–H and O–H groups in total. The molecular weight excluding hydrogens is 397 g/mol. The molecule has 1 aliphatic rings. The number of halogens is 1. The highest BCUT2D eigenvalue weighted by Crippen LogP contribution is 2.20. The summed E-state index contributed by atoms with van der Waals surface area (Å²) in [6.45, 7) is 5.20. The standard InChI is InChI=1S/C22H28FN7O/c1-2-24-22(25-11-8-20-27-21(29-28-20)19-7-4-14-31-19)26-17-9-12-30(13-10-17)18-6-3-5-16(23)15-18/h3-7,14-15,17H,2,8-13H2,1H3,(H2,24,25,26)(H,27,28,29). The van der Waals surface area contributed by atoms with Gasteiger partial charge in [-0.25, -0.2) is 9.37 Å². The number of nitrogens with zero attached hydrogens (tertiary/aromatic N) is 4. The molecule has 0 amide bonds. The molecule has 0 aliphatic carbocycles. The zero-order chi connectivity index (χ0) is 21.5. The van der Waals surface area contributed by atoms with Gasteiger partial charge in [-0.1, -0.05) is 6.07 Å². The lowest BCUT2D eigenvalue weighted by atomic mass is 10.0. The number of aromatic nitrogens is 3. The highest BCUT2D eigenvalue weighted by atomic mass is 19.1. The van der Waals surface area contributed by atoms with Gasteiger partial charge in [-0.05, 0) is 50.1 Å². The van der Waals surface area contributed by atoms with E-state index in [1.54, 1.807) is 18.4 Å². The number of aliphatic imine (C=N–C) groups is 1. The van der Waals surface area contributed by atoms with E-state index < -0.39 is 0 Å². The van der Waals surface area contributed by atoms with Crippen molar-refractivity contribution in [1.82, 2.24) is 25.8 Å². The topological polar surface area (TPSA) is 94.4 Å². The van der Waals surface area contributed by atoms with Crippen molar-refractivity contribution in [3.05, 3.63) is 54.3 Å². The van der Waals surface area contributed by atoms with Crippen LogP contribution in [0.1, 0.15) is 25.6 Å². The molecule has 3 aromatic rings. The van der Waals surface area contributed by atoms with Crippen LogP contribution >= 0.6 is 0 Å². The number of aromatic amines is 1. The number of rotatable bonds is 7. The minimum atomic E-state index is -0.192. The second kappa shape index (κ2) is 10.1. The molecule has 3 heterocycles. The van der Waals surface area contributed by atoms with E-state index in [2.05, 4.69) is 42.6 Å². The quantitative estimate of drug-likeness (QED) is 0.398. The lowest BCUT2D eigenvalue weighted by molar-refractivity contribution is 0.461. The Morgan fingerprint density at radius 3 is 2.90 bits per heavy atom. The summed E-state index contributed by atoms with van der Waals surface area (Å²) in [5.41, 5.74) is 0.944. The van der Waals surface area contributed by atoms with Crippen LogP contribution in [0.4, 0.5) is 10.1 Å². The van der Waals surface area contributed by atoms with Crippen LogP contribution in [0.2, 0.25) is 0 Å². The van der Waals surface area contributed by atoms with Crippen molar-refractivity contribution in [3.8, 4) is 11.6 Å². The van der Waals surface area contributed by atoms with E-state index in [-0.39, 0.29) is 5.82 Å². The number of piperidine rings is 1. The number of hydrogen-bond acceptors (Lipinski definition) is 5. The van der Waals surface area contributed by atoms with Crippen molar-refractivity contribution in [2.45, 2.75) is 32.2 Å². The fraction of sp³-hybridized carbons (Fsp3) is 0.409. The first-order valence-corrected chi connectivity index (χ1v) is 10.7. The third-order valence-electron chi connectivity index (χ3n) is 5.25. The average Bonchev–Trinajstić information content (AvgIpc) is 3.46. The van der Waals surface area contributed by atoms with Gasteiger partial charge < -0.3 is 20.0 Å². The highest BCUT2D eigenvalue weighted by molar-refractivity contribution is 5.80. The largest absolute Gasteiger partial charge is 0.461 e. The van der Waals surface area contributed by atoms with Crippen LogP contribution in [0.25, 0.3) is 11.6 Å². The first-order chi connectivity index (χ1) is 15.2. The molecule has 1 aromatic carbocycles. The van der Waals surface area contributed by atoms with E-state index in [9.17, 15) is 4.39 Å². The van der Waals surface area contributed by atoms with Crippen LogP contribution in [0, 0.1) is 5.82 Å². The van der Waals surface area contributed by atoms with Crippen LogP contribution in [-0.2, 0) is 6.42 Å². The summed E-state index contributed by atoms with van der Waals surface area (Å²) in [7, 11) is 0. The summed E-state index contributed by atoms with van der Waals surface area (Å²) in [5.74, 6) is 2.58. The Hall–Kier alpha value is -3.36. The zero-order valence-electron chi connectivity index (χ0n) is 17.6. The van der Waals surface area contributed by atoms with Crippen molar-refractivity contribution in [1.29, 1.82) is 0 Å². The van der Waals surface area contributed by atoms with Crippen molar-refractivity contribution < 1.29 is 8.81 Å². The van der Waals surface area contributed by atoms with Crippen LogP contribution in [-0.4, -0.2) is 53.4 Å². The van der Waals surface area contributed by atoms with Gasteiger partial charge in [0, 0.05) is 44.3 Å². The van der Waals surface area contributed by atoms with Gasteiger partial charge in [0.15, 0.2) is 11.7 Å². The molecule has 164 valence electrons.